The van der Waals surface area contributed by atoms with Crippen molar-refractivity contribution in [2.45, 2.75) is 0 Å². The molecule has 1 aromatic carbocycles. The molecule has 140 valence electrons. The van der Waals surface area contributed by atoms with Crippen molar-refractivity contribution in [3.8, 4) is 23.7 Å². The molecule has 0 unspecified atom stereocenters. The van der Waals surface area contributed by atoms with E-state index in [2.05, 4.69) is 28.6 Å². The first-order valence-electron chi connectivity index (χ1n) is 9.02. The van der Waals surface area contributed by atoms with Crippen LogP contribution in [0.15, 0.2) is 30.3 Å². The molecule has 0 atom stereocenters. The fraction of sp³-hybridized carbons (Fsp3) is 0.524. The zero-order chi connectivity index (χ0) is 18.1. The molecule has 5 heteroatoms. The Morgan fingerprint density at radius 2 is 1.23 bits per heavy atom. The summed E-state index contributed by atoms with van der Waals surface area (Å²) in [6, 6.07) is 9.86. The lowest BCUT2D eigenvalue weighted by molar-refractivity contribution is 0.00206. The van der Waals surface area contributed by atoms with E-state index in [1.54, 1.807) is 0 Å². The fourth-order valence-corrected chi connectivity index (χ4v) is 2.24. The van der Waals surface area contributed by atoms with E-state index in [1.807, 2.05) is 30.3 Å². The molecule has 1 saturated heterocycles. The van der Waals surface area contributed by atoms with Gasteiger partial charge in [-0.25, -0.2) is 0 Å². The lowest BCUT2D eigenvalue weighted by Gasteiger charge is -2.19. The van der Waals surface area contributed by atoms with Gasteiger partial charge >= 0.3 is 0 Å². The van der Waals surface area contributed by atoms with Gasteiger partial charge in [-0.1, -0.05) is 30.0 Å². The largest absolute Gasteiger partial charge is 0.378 e. The first-order valence-corrected chi connectivity index (χ1v) is 9.02. The molecule has 0 bridgehead atoms. The summed E-state index contributed by atoms with van der Waals surface area (Å²) < 4.78 is 22.0. The molecule has 0 radical (unpaired) electrons. The van der Waals surface area contributed by atoms with Crippen molar-refractivity contribution in [1.82, 2.24) is 4.90 Å². The first kappa shape index (κ1) is 20.5. The molecule has 1 aromatic rings. The Hall–Kier alpha value is -1.86. The summed E-state index contributed by atoms with van der Waals surface area (Å²) in [5.41, 5.74) is 0.974. The second kappa shape index (κ2) is 14.3. The predicted molar refractivity (Wildman–Crippen MR) is 101 cm³/mol. The van der Waals surface area contributed by atoms with E-state index in [0.717, 1.165) is 18.7 Å². The molecule has 1 aliphatic heterocycles. The van der Waals surface area contributed by atoms with E-state index in [9.17, 15) is 0 Å². The first-order chi connectivity index (χ1) is 12.9. The highest BCUT2D eigenvalue weighted by atomic mass is 16.6. The van der Waals surface area contributed by atoms with Crippen LogP contribution < -0.4 is 0 Å². The average molecular weight is 357 g/mol. The molecular weight excluding hydrogens is 330 g/mol. The van der Waals surface area contributed by atoms with Gasteiger partial charge in [-0.2, -0.15) is 0 Å². The van der Waals surface area contributed by atoms with Crippen LogP contribution in [0.3, 0.4) is 0 Å². The Labute approximate surface area is 156 Å². The predicted octanol–water partition coefficient (Wildman–Crippen LogP) is 1.42. The topological polar surface area (TPSA) is 40.2 Å². The summed E-state index contributed by atoms with van der Waals surface area (Å²) in [6.45, 7) is 7.11. The summed E-state index contributed by atoms with van der Waals surface area (Å²) >= 11 is 0. The molecule has 1 fully saturated rings. The highest BCUT2D eigenvalue weighted by Crippen LogP contribution is 1.94. The van der Waals surface area contributed by atoms with Gasteiger partial charge in [0.05, 0.1) is 59.4 Å². The van der Waals surface area contributed by atoms with Crippen LogP contribution in [0.5, 0.6) is 0 Å². The van der Waals surface area contributed by atoms with Crippen LogP contribution in [0.1, 0.15) is 5.56 Å². The van der Waals surface area contributed by atoms with E-state index in [4.69, 9.17) is 18.9 Å². The Morgan fingerprint density at radius 1 is 0.692 bits per heavy atom. The third kappa shape index (κ3) is 10.2. The normalized spacial score (nSPS) is 18.3. The number of ether oxygens (including phenoxy) is 4. The van der Waals surface area contributed by atoms with Crippen molar-refractivity contribution in [1.29, 1.82) is 0 Å². The molecular formula is C21H27NO4. The molecule has 1 heterocycles. The van der Waals surface area contributed by atoms with Gasteiger partial charge in [-0.15, -0.1) is 0 Å². The summed E-state index contributed by atoms with van der Waals surface area (Å²) in [6.07, 6.45) is 0. The standard InChI is InChI=1S/C21H27NO4/c1-3-7-21(8-4-1)9-5-2-6-10-22-11-13-23-15-17-25-19-20-26-18-16-24-14-12-22/h1,3-4,7-8H,10-20H2. The van der Waals surface area contributed by atoms with Crippen molar-refractivity contribution in [2.24, 2.45) is 0 Å². The molecule has 0 saturated carbocycles. The van der Waals surface area contributed by atoms with Gasteiger partial charge in [-0.3, -0.25) is 4.90 Å². The Morgan fingerprint density at radius 3 is 1.81 bits per heavy atom. The van der Waals surface area contributed by atoms with Gasteiger partial charge in [0.2, 0.25) is 0 Å². The van der Waals surface area contributed by atoms with Crippen molar-refractivity contribution in [2.75, 3.05) is 72.5 Å². The van der Waals surface area contributed by atoms with E-state index in [-0.39, 0.29) is 0 Å². The van der Waals surface area contributed by atoms with Crippen LogP contribution in [-0.4, -0.2) is 77.4 Å². The Kier molecular flexibility index (Phi) is 11.3. The summed E-state index contributed by atoms with van der Waals surface area (Å²) in [5, 5.41) is 0. The maximum atomic E-state index is 5.60. The van der Waals surface area contributed by atoms with Gasteiger partial charge in [0.25, 0.3) is 0 Å². The third-order valence-corrected chi connectivity index (χ3v) is 3.65. The highest BCUT2D eigenvalue weighted by molar-refractivity contribution is 5.39. The molecule has 2 rings (SSSR count). The average Bonchev–Trinajstić information content (AvgIpc) is 2.68. The summed E-state index contributed by atoms with van der Waals surface area (Å²) in [7, 11) is 0. The smallest absolute Gasteiger partial charge is 0.0701 e. The molecule has 26 heavy (non-hydrogen) atoms. The number of rotatable bonds is 1. The maximum Gasteiger partial charge on any atom is 0.0701 e. The molecule has 0 aromatic heterocycles. The SMILES string of the molecule is C(C#Cc1ccccc1)#CCN1CCOCCOCCOCCOCC1. The van der Waals surface area contributed by atoms with Gasteiger partial charge < -0.3 is 18.9 Å². The zero-order valence-corrected chi connectivity index (χ0v) is 15.2. The molecule has 0 aliphatic carbocycles. The number of hydrogen-bond donors (Lipinski definition) is 0. The second-order valence-corrected chi connectivity index (χ2v) is 5.64. The van der Waals surface area contributed by atoms with Crippen LogP contribution in [0.4, 0.5) is 0 Å². The van der Waals surface area contributed by atoms with Crippen LogP contribution in [0.2, 0.25) is 0 Å². The number of hydrogen-bond acceptors (Lipinski definition) is 5. The lowest BCUT2D eigenvalue weighted by Crippen LogP contribution is -2.32. The van der Waals surface area contributed by atoms with E-state index >= 15 is 0 Å². The lowest BCUT2D eigenvalue weighted by atomic mass is 10.2. The minimum Gasteiger partial charge on any atom is -0.378 e. The van der Waals surface area contributed by atoms with Crippen LogP contribution in [0, 0.1) is 23.7 Å². The van der Waals surface area contributed by atoms with Crippen molar-refractivity contribution < 1.29 is 18.9 Å². The van der Waals surface area contributed by atoms with E-state index in [0.29, 0.717) is 59.4 Å². The minimum atomic E-state index is 0.592. The molecule has 1 aliphatic rings. The van der Waals surface area contributed by atoms with E-state index < -0.39 is 0 Å². The van der Waals surface area contributed by atoms with Crippen molar-refractivity contribution >= 4 is 0 Å². The highest BCUT2D eigenvalue weighted by Gasteiger charge is 2.04. The van der Waals surface area contributed by atoms with Crippen molar-refractivity contribution in [3.63, 3.8) is 0 Å². The fourth-order valence-electron chi connectivity index (χ4n) is 2.24. The van der Waals surface area contributed by atoms with Gasteiger partial charge in [0.1, 0.15) is 0 Å². The van der Waals surface area contributed by atoms with E-state index in [1.165, 1.54) is 0 Å². The van der Waals surface area contributed by atoms with Crippen LogP contribution in [0.25, 0.3) is 0 Å². The van der Waals surface area contributed by atoms with Gasteiger partial charge in [0, 0.05) is 18.7 Å². The summed E-state index contributed by atoms with van der Waals surface area (Å²) in [4.78, 5) is 2.21. The molecule has 0 spiro atoms. The van der Waals surface area contributed by atoms with Crippen LogP contribution in [-0.2, 0) is 18.9 Å². The monoisotopic (exact) mass is 357 g/mol. The number of benzene rings is 1. The molecule has 0 amide bonds. The second-order valence-electron chi connectivity index (χ2n) is 5.64. The summed E-state index contributed by atoms with van der Waals surface area (Å²) in [5.74, 6) is 12.0. The Balaban J connectivity index is 1.76. The van der Waals surface area contributed by atoms with Crippen molar-refractivity contribution in [3.05, 3.63) is 35.9 Å². The van der Waals surface area contributed by atoms with Crippen LogP contribution >= 0.6 is 0 Å². The molecule has 0 N–H and O–H groups in total. The quantitative estimate of drug-likeness (QED) is 0.711. The minimum absolute atomic E-state index is 0.592. The number of nitrogens with zero attached hydrogens (tertiary/aromatic N) is 1. The molecule has 5 nitrogen and oxygen atoms in total. The Bertz CT molecular complexity index is 581. The third-order valence-electron chi connectivity index (χ3n) is 3.65. The maximum absolute atomic E-state index is 5.60. The zero-order valence-electron chi connectivity index (χ0n) is 15.2. The van der Waals surface area contributed by atoms with Gasteiger partial charge in [0.15, 0.2) is 0 Å². The van der Waals surface area contributed by atoms with Gasteiger partial charge in [-0.05, 0) is 24.0 Å².